The number of rotatable bonds is 4. The first-order valence-electron chi connectivity index (χ1n) is 7.73. The van der Waals surface area contributed by atoms with Gasteiger partial charge >= 0.3 is 0 Å². The summed E-state index contributed by atoms with van der Waals surface area (Å²) in [7, 11) is -2.90. The lowest BCUT2D eigenvalue weighted by atomic mass is 10.1. The fourth-order valence-electron chi connectivity index (χ4n) is 2.94. The molecule has 23 heavy (non-hydrogen) atoms. The minimum Gasteiger partial charge on any atom is -0.354 e. The number of sulfone groups is 1. The molecule has 1 atom stereocenters. The number of aromatic nitrogens is 2. The van der Waals surface area contributed by atoms with Crippen molar-refractivity contribution in [3.8, 4) is 0 Å². The maximum atomic E-state index is 12.1. The van der Waals surface area contributed by atoms with Gasteiger partial charge in [0.1, 0.15) is 6.54 Å². The van der Waals surface area contributed by atoms with E-state index in [0.717, 1.165) is 16.6 Å². The van der Waals surface area contributed by atoms with E-state index in [2.05, 4.69) is 10.3 Å². The monoisotopic (exact) mass is 335 g/mol. The molecule has 0 aliphatic carbocycles. The third kappa shape index (κ3) is 3.55. The van der Waals surface area contributed by atoms with Crippen LogP contribution in [-0.2, 0) is 21.2 Å². The van der Waals surface area contributed by atoms with Crippen molar-refractivity contribution in [2.45, 2.75) is 26.8 Å². The van der Waals surface area contributed by atoms with Gasteiger partial charge in [0.05, 0.1) is 28.9 Å². The minimum absolute atomic E-state index is 0.0355. The van der Waals surface area contributed by atoms with Crippen molar-refractivity contribution >= 4 is 26.8 Å². The highest BCUT2D eigenvalue weighted by Crippen LogP contribution is 2.19. The smallest absolute Gasteiger partial charge is 0.240 e. The number of nitrogens with one attached hydrogen (secondary N) is 1. The fourth-order valence-corrected chi connectivity index (χ4v) is 4.80. The van der Waals surface area contributed by atoms with Crippen LogP contribution in [0.3, 0.4) is 0 Å². The van der Waals surface area contributed by atoms with Crippen LogP contribution in [0.2, 0.25) is 0 Å². The van der Waals surface area contributed by atoms with E-state index in [1.54, 1.807) is 6.33 Å². The van der Waals surface area contributed by atoms with E-state index in [4.69, 9.17) is 0 Å². The van der Waals surface area contributed by atoms with Gasteiger partial charge in [-0.3, -0.25) is 4.79 Å². The fraction of sp³-hybridized carbons (Fsp3) is 0.500. The predicted molar refractivity (Wildman–Crippen MR) is 89.0 cm³/mol. The SMILES string of the molecule is Cc1cc2ncn(CC(=O)NCC3CCS(=O)(=O)C3)c2cc1C. The Morgan fingerprint density at radius 3 is 2.78 bits per heavy atom. The molecule has 1 N–H and O–H groups in total. The van der Waals surface area contributed by atoms with Crippen LogP contribution < -0.4 is 5.32 Å². The molecule has 0 bridgehead atoms. The molecule has 3 rings (SSSR count). The second-order valence-corrected chi connectivity index (χ2v) is 8.60. The van der Waals surface area contributed by atoms with E-state index >= 15 is 0 Å². The van der Waals surface area contributed by atoms with Gasteiger partial charge in [0, 0.05) is 6.54 Å². The molecule has 0 spiro atoms. The molecule has 1 amide bonds. The Morgan fingerprint density at radius 1 is 1.35 bits per heavy atom. The number of nitrogens with zero attached hydrogens (tertiary/aromatic N) is 2. The predicted octanol–water partition coefficient (Wildman–Crippen LogP) is 1.20. The lowest BCUT2D eigenvalue weighted by Gasteiger charge is -2.10. The average molecular weight is 335 g/mol. The third-order valence-electron chi connectivity index (χ3n) is 4.47. The van der Waals surface area contributed by atoms with Gasteiger partial charge in [-0.2, -0.15) is 0 Å². The maximum Gasteiger partial charge on any atom is 0.240 e. The number of hydrogen-bond acceptors (Lipinski definition) is 4. The zero-order valence-electron chi connectivity index (χ0n) is 13.4. The molecule has 0 saturated carbocycles. The molecule has 2 heterocycles. The van der Waals surface area contributed by atoms with Crippen LogP contribution in [0, 0.1) is 19.8 Å². The van der Waals surface area contributed by atoms with Gasteiger partial charge in [-0.1, -0.05) is 0 Å². The molecule has 7 heteroatoms. The molecule has 1 aromatic heterocycles. The van der Waals surface area contributed by atoms with E-state index in [-0.39, 0.29) is 29.9 Å². The summed E-state index contributed by atoms with van der Waals surface area (Å²) in [5.41, 5.74) is 4.15. The highest BCUT2D eigenvalue weighted by atomic mass is 32.2. The van der Waals surface area contributed by atoms with Crippen molar-refractivity contribution in [2.24, 2.45) is 5.92 Å². The number of fused-ring (bicyclic) bond motifs is 1. The summed E-state index contributed by atoms with van der Waals surface area (Å²) in [4.78, 5) is 16.4. The largest absolute Gasteiger partial charge is 0.354 e. The van der Waals surface area contributed by atoms with Crippen LogP contribution in [0.5, 0.6) is 0 Å². The Labute approximate surface area is 135 Å². The Balaban J connectivity index is 1.63. The standard InChI is InChI=1S/C16H21N3O3S/c1-11-5-14-15(6-12(11)2)19(10-18-14)8-16(20)17-7-13-3-4-23(21,22)9-13/h5-6,10,13H,3-4,7-9H2,1-2H3,(H,17,20). The number of carbonyl (C=O) groups is 1. The number of imidazole rings is 1. The summed E-state index contributed by atoms with van der Waals surface area (Å²) in [6, 6.07) is 4.05. The van der Waals surface area contributed by atoms with Crippen LogP contribution in [0.1, 0.15) is 17.5 Å². The summed E-state index contributed by atoms with van der Waals surface area (Å²) < 4.78 is 24.7. The molecule has 0 radical (unpaired) electrons. The summed E-state index contributed by atoms with van der Waals surface area (Å²) in [6.45, 7) is 4.68. The van der Waals surface area contributed by atoms with Crippen LogP contribution >= 0.6 is 0 Å². The molecule has 1 aromatic carbocycles. The molecular formula is C16H21N3O3S. The molecule has 1 fully saturated rings. The van der Waals surface area contributed by atoms with Crippen molar-refractivity contribution in [1.29, 1.82) is 0 Å². The molecule has 6 nitrogen and oxygen atoms in total. The van der Waals surface area contributed by atoms with E-state index in [0.29, 0.717) is 13.0 Å². The second-order valence-electron chi connectivity index (χ2n) is 6.37. The molecule has 1 aliphatic rings. The third-order valence-corrected chi connectivity index (χ3v) is 6.30. The van der Waals surface area contributed by atoms with Crippen molar-refractivity contribution in [2.75, 3.05) is 18.1 Å². The minimum atomic E-state index is -2.90. The van der Waals surface area contributed by atoms with Crippen LogP contribution in [0.4, 0.5) is 0 Å². The summed E-state index contributed by atoms with van der Waals surface area (Å²) in [6.07, 6.45) is 2.30. The zero-order valence-corrected chi connectivity index (χ0v) is 14.2. The van der Waals surface area contributed by atoms with Crippen LogP contribution in [0.25, 0.3) is 11.0 Å². The molecule has 1 aliphatic heterocycles. The number of benzene rings is 1. The molecular weight excluding hydrogens is 314 g/mol. The lowest BCUT2D eigenvalue weighted by Crippen LogP contribution is -2.32. The summed E-state index contributed by atoms with van der Waals surface area (Å²) in [5.74, 6) is 0.332. The van der Waals surface area contributed by atoms with Crippen molar-refractivity contribution in [3.63, 3.8) is 0 Å². The summed E-state index contributed by atoms with van der Waals surface area (Å²) in [5, 5.41) is 2.84. The van der Waals surface area contributed by atoms with Crippen LogP contribution in [0.15, 0.2) is 18.5 Å². The van der Waals surface area contributed by atoms with Crippen LogP contribution in [-0.4, -0.2) is 41.9 Å². The van der Waals surface area contributed by atoms with Crippen molar-refractivity contribution in [3.05, 3.63) is 29.6 Å². The first-order chi connectivity index (χ1) is 10.8. The summed E-state index contributed by atoms with van der Waals surface area (Å²) >= 11 is 0. The Morgan fingerprint density at radius 2 is 2.09 bits per heavy atom. The number of carbonyl (C=O) groups excluding carboxylic acids is 1. The van der Waals surface area contributed by atoms with Gasteiger partial charge in [0.25, 0.3) is 0 Å². The zero-order chi connectivity index (χ0) is 16.6. The maximum absolute atomic E-state index is 12.1. The first-order valence-corrected chi connectivity index (χ1v) is 9.55. The van der Waals surface area contributed by atoms with Crippen molar-refractivity contribution in [1.82, 2.24) is 14.9 Å². The topological polar surface area (TPSA) is 81.1 Å². The van der Waals surface area contributed by atoms with E-state index in [9.17, 15) is 13.2 Å². The van der Waals surface area contributed by atoms with Gasteiger partial charge in [-0.15, -0.1) is 0 Å². The van der Waals surface area contributed by atoms with Crippen molar-refractivity contribution < 1.29 is 13.2 Å². The Bertz CT molecular complexity index is 855. The molecule has 1 saturated heterocycles. The highest BCUT2D eigenvalue weighted by molar-refractivity contribution is 7.91. The highest BCUT2D eigenvalue weighted by Gasteiger charge is 2.27. The molecule has 2 aromatic rings. The van der Waals surface area contributed by atoms with E-state index < -0.39 is 9.84 Å². The van der Waals surface area contributed by atoms with Gasteiger partial charge in [0.2, 0.25) is 5.91 Å². The normalized spacial score (nSPS) is 20.0. The second kappa shape index (κ2) is 5.96. The Hall–Kier alpha value is -1.89. The van der Waals surface area contributed by atoms with E-state index in [1.165, 1.54) is 5.56 Å². The quantitative estimate of drug-likeness (QED) is 0.910. The number of hydrogen-bond donors (Lipinski definition) is 1. The van der Waals surface area contributed by atoms with Gasteiger partial charge in [-0.25, -0.2) is 13.4 Å². The number of amides is 1. The van der Waals surface area contributed by atoms with Gasteiger partial charge in [-0.05, 0) is 49.4 Å². The Kier molecular flexibility index (Phi) is 4.14. The van der Waals surface area contributed by atoms with Gasteiger partial charge < -0.3 is 9.88 Å². The number of aryl methyl sites for hydroxylation is 2. The van der Waals surface area contributed by atoms with Gasteiger partial charge in [0.15, 0.2) is 9.84 Å². The lowest BCUT2D eigenvalue weighted by molar-refractivity contribution is -0.121. The molecule has 124 valence electrons. The first kappa shape index (κ1) is 16.0. The van der Waals surface area contributed by atoms with E-state index in [1.807, 2.05) is 30.5 Å². The molecule has 1 unspecified atom stereocenters. The average Bonchev–Trinajstić information content (AvgIpc) is 3.01.